The van der Waals surface area contributed by atoms with Gasteiger partial charge in [-0.2, -0.15) is 0 Å². The zero-order chi connectivity index (χ0) is 15.4. The topological polar surface area (TPSA) is 66.9 Å². The number of amides is 3. The molecule has 5 unspecified atom stereocenters. The van der Waals surface area contributed by atoms with Gasteiger partial charge >= 0.3 is 0 Å². The summed E-state index contributed by atoms with van der Waals surface area (Å²) in [5.74, 6) is -0.554. The Balaban J connectivity index is 1.54. The first-order chi connectivity index (χ1) is 10.6. The number of likely N-dealkylation sites (tertiary alicyclic amines) is 1. The summed E-state index contributed by atoms with van der Waals surface area (Å²) in [5, 5.41) is 0. The first-order valence-electron chi connectivity index (χ1n) is 8.01. The van der Waals surface area contributed by atoms with Gasteiger partial charge in [-0.1, -0.05) is 12.2 Å². The third kappa shape index (κ3) is 1.79. The Morgan fingerprint density at radius 3 is 2.23 bits per heavy atom. The molecule has 3 fully saturated rings. The highest BCUT2D eigenvalue weighted by atomic mass is 16.5. The third-order valence-electron chi connectivity index (χ3n) is 5.57. The first kappa shape index (κ1) is 13.9. The second-order valence-electron chi connectivity index (χ2n) is 6.66. The molecule has 2 bridgehead atoms. The molecule has 2 aliphatic heterocycles. The number of hydrogen-bond acceptors (Lipinski definition) is 4. The van der Waals surface area contributed by atoms with E-state index in [1.54, 1.807) is 11.8 Å². The Labute approximate surface area is 129 Å². The standard InChI is InChI=1S/C16H20N2O4/c1-9(14(19)17-4-6-22-7-5-17)18-15(20)12-10-2-3-11(8-10)13(12)16(18)21/h2-3,9-13H,4-8H2,1H3. The van der Waals surface area contributed by atoms with Gasteiger partial charge in [-0.3, -0.25) is 19.3 Å². The van der Waals surface area contributed by atoms with Crippen LogP contribution in [0.3, 0.4) is 0 Å². The average molecular weight is 304 g/mol. The maximum absolute atomic E-state index is 12.7. The minimum atomic E-state index is -0.705. The number of carbonyl (C=O) groups is 3. The highest BCUT2D eigenvalue weighted by Gasteiger charge is 2.60. The van der Waals surface area contributed by atoms with Gasteiger partial charge in [-0.15, -0.1) is 0 Å². The maximum Gasteiger partial charge on any atom is 0.245 e. The fourth-order valence-electron chi connectivity index (χ4n) is 4.47. The molecule has 6 heteroatoms. The van der Waals surface area contributed by atoms with Gasteiger partial charge in [0, 0.05) is 13.1 Å². The quantitative estimate of drug-likeness (QED) is 0.534. The zero-order valence-corrected chi connectivity index (χ0v) is 12.6. The molecule has 2 saturated heterocycles. The van der Waals surface area contributed by atoms with Crippen LogP contribution in [0.15, 0.2) is 12.2 Å². The molecule has 22 heavy (non-hydrogen) atoms. The summed E-state index contributed by atoms with van der Waals surface area (Å²) in [6, 6.07) is -0.705. The van der Waals surface area contributed by atoms with E-state index in [1.807, 2.05) is 0 Å². The van der Waals surface area contributed by atoms with Crippen molar-refractivity contribution in [2.45, 2.75) is 19.4 Å². The van der Waals surface area contributed by atoms with Gasteiger partial charge in [-0.25, -0.2) is 0 Å². The molecule has 0 spiro atoms. The van der Waals surface area contributed by atoms with Crippen LogP contribution in [0.2, 0.25) is 0 Å². The summed E-state index contributed by atoms with van der Waals surface area (Å²) in [6.07, 6.45) is 5.04. The van der Waals surface area contributed by atoms with Crippen molar-refractivity contribution in [2.75, 3.05) is 26.3 Å². The molecule has 2 heterocycles. The van der Waals surface area contributed by atoms with Crippen LogP contribution in [0.1, 0.15) is 13.3 Å². The normalized spacial score (nSPS) is 37.9. The van der Waals surface area contributed by atoms with Gasteiger partial charge < -0.3 is 9.64 Å². The van der Waals surface area contributed by atoms with E-state index >= 15 is 0 Å². The predicted molar refractivity (Wildman–Crippen MR) is 76.4 cm³/mol. The molecule has 118 valence electrons. The lowest BCUT2D eigenvalue weighted by Crippen LogP contribution is -2.52. The van der Waals surface area contributed by atoms with Crippen LogP contribution in [-0.4, -0.2) is 59.9 Å². The zero-order valence-electron chi connectivity index (χ0n) is 12.6. The van der Waals surface area contributed by atoms with E-state index in [1.165, 1.54) is 4.90 Å². The molecule has 0 aromatic rings. The summed E-state index contributed by atoms with van der Waals surface area (Å²) in [7, 11) is 0. The second-order valence-corrected chi connectivity index (χ2v) is 6.66. The smallest absolute Gasteiger partial charge is 0.245 e. The van der Waals surface area contributed by atoms with Crippen LogP contribution >= 0.6 is 0 Å². The van der Waals surface area contributed by atoms with Crippen LogP contribution < -0.4 is 0 Å². The fraction of sp³-hybridized carbons (Fsp3) is 0.688. The van der Waals surface area contributed by atoms with E-state index in [2.05, 4.69) is 12.2 Å². The molecule has 1 saturated carbocycles. The monoisotopic (exact) mass is 304 g/mol. The van der Waals surface area contributed by atoms with Gasteiger partial charge in [0.05, 0.1) is 25.0 Å². The van der Waals surface area contributed by atoms with Crippen molar-refractivity contribution >= 4 is 17.7 Å². The molecule has 2 aliphatic carbocycles. The number of morpholine rings is 1. The van der Waals surface area contributed by atoms with E-state index in [9.17, 15) is 14.4 Å². The lowest BCUT2D eigenvalue weighted by molar-refractivity contribution is -0.153. The van der Waals surface area contributed by atoms with Gasteiger partial charge in [0.25, 0.3) is 0 Å². The van der Waals surface area contributed by atoms with E-state index in [0.29, 0.717) is 26.3 Å². The van der Waals surface area contributed by atoms with Crippen molar-refractivity contribution in [1.82, 2.24) is 9.80 Å². The number of rotatable bonds is 2. The van der Waals surface area contributed by atoms with Crippen LogP contribution in [0.4, 0.5) is 0 Å². The van der Waals surface area contributed by atoms with Gasteiger partial charge in [-0.05, 0) is 25.2 Å². The summed E-state index contributed by atoms with van der Waals surface area (Å²) in [4.78, 5) is 40.9. The first-order valence-corrected chi connectivity index (χ1v) is 8.01. The van der Waals surface area contributed by atoms with Crippen molar-refractivity contribution in [3.05, 3.63) is 12.2 Å². The molecule has 0 N–H and O–H groups in total. The molecule has 0 aromatic heterocycles. The van der Waals surface area contributed by atoms with Crippen molar-refractivity contribution in [1.29, 1.82) is 0 Å². The van der Waals surface area contributed by atoms with Crippen LogP contribution in [-0.2, 0) is 19.1 Å². The lowest BCUT2D eigenvalue weighted by Gasteiger charge is -2.32. The van der Waals surface area contributed by atoms with E-state index < -0.39 is 6.04 Å². The van der Waals surface area contributed by atoms with Gasteiger partial charge in [0.2, 0.25) is 17.7 Å². The van der Waals surface area contributed by atoms with Crippen LogP contribution in [0.25, 0.3) is 0 Å². The van der Waals surface area contributed by atoms with E-state index in [4.69, 9.17) is 4.74 Å². The molecule has 0 radical (unpaired) electrons. The number of imide groups is 1. The molecular weight excluding hydrogens is 284 g/mol. The number of carbonyl (C=O) groups excluding carboxylic acids is 3. The maximum atomic E-state index is 12.7. The molecule has 0 aromatic carbocycles. The van der Waals surface area contributed by atoms with Crippen molar-refractivity contribution in [2.24, 2.45) is 23.7 Å². The Bertz CT molecular complexity index is 536. The number of fused-ring (bicyclic) bond motifs is 5. The molecule has 6 nitrogen and oxygen atoms in total. The molecule has 4 rings (SSSR count). The third-order valence-corrected chi connectivity index (χ3v) is 5.57. The van der Waals surface area contributed by atoms with Gasteiger partial charge in [0.1, 0.15) is 6.04 Å². The fourth-order valence-corrected chi connectivity index (χ4v) is 4.47. The second kappa shape index (κ2) is 4.91. The Hall–Kier alpha value is -1.69. The number of ether oxygens (including phenoxy) is 1. The lowest BCUT2D eigenvalue weighted by atomic mass is 9.85. The average Bonchev–Trinajstić information content (AvgIpc) is 3.21. The Morgan fingerprint density at radius 1 is 1.14 bits per heavy atom. The highest BCUT2D eigenvalue weighted by molar-refractivity contribution is 6.09. The summed E-state index contributed by atoms with van der Waals surface area (Å²) in [6.45, 7) is 3.75. The summed E-state index contributed by atoms with van der Waals surface area (Å²) in [5.41, 5.74) is 0. The predicted octanol–water partition coefficient (Wildman–Crippen LogP) is 0.0408. The molecule has 4 aliphatic rings. The van der Waals surface area contributed by atoms with E-state index in [0.717, 1.165) is 6.42 Å². The molecule has 3 amide bonds. The summed E-state index contributed by atoms with van der Waals surface area (Å²) >= 11 is 0. The minimum Gasteiger partial charge on any atom is -0.378 e. The number of allylic oxidation sites excluding steroid dienone is 2. The molecule has 5 atom stereocenters. The molecular formula is C16H20N2O4. The minimum absolute atomic E-state index is 0.148. The van der Waals surface area contributed by atoms with Crippen molar-refractivity contribution < 1.29 is 19.1 Å². The highest BCUT2D eigenvalue weighted by Crippen LogP contribution is 2.52. The van der Waals surface area contributed by atoms with Gasteiger partial charge in [0.15, 0.2) is 0 Å². The van der Waals surface area contributed by atoms with Crippen LogP contribution in [0, 0.1) is 23.7 Å². The van der Waals surface area contributed by atoms with Crippen molar-refractivity contribution in [3.63, 3.8) is 0 Å². The Morgan fingerprint density at radius 2 is 1.68 bits per heavy atom. The SMILES string of the molecule is CC(C(=O)N1CCOCC1)N1C(=O)C2C3C=CC(C3)C2C1=O. The van der Waals surface area contributed by atoms with Crippen molar-refractivity contribution in [3.8, 4) is 0 Å². The number of hydrogen-bond donors (Lipinski definition) is 0. The number of nitrogens with zero attached hydrogens (tertiary/aromatic N) is 2. The largest absolute Gasteiger partial charge is 0.378 e. The van der Waals surface area contributed by atoms with Crippen LogP contribution in [0.5, 0.6) is 0 Å². The summed E-state index contributed by atoms with van der Waals surface area (Å²) < 4.78 is 5.24. The Kier molecular flexibility index (Phi) is 3.11. The van der Waals surface area contributed by atoms with E-state index in [-0.39, 0.29) is 41.4 Å².